The molecule has 0 saturated heterocycles. The van der Waals surface area contributed by atoms with Crippen molar-refractivity contribution < 1.29 is 9.53 Å². The van der Waals surface area contributed by atoms with E-state index in [0.717, 1.165) is 5.69 Å². The number of nitrogens with zero attached hydrogens (tertiary/aromatic N) is 3. The lowest BCUT2D eigenvalue weighted by atomic mass is 10.2. The quantitative estimate of drug-likeness (QED) is 0.618. The Kier molecular flexibility index (Phi) is 5.78. The van der Waals surface area contributed by atoms with Gasteiger partial charge in [-0.05, 0) is 25.8 Å². The van der Waals surface area contributed by atoms with E-state index in [2.05, 4.69) is 18.9 Å². The fraction of sp³-hybridized carbons (Fsp3) is 0.500. The lowest BCUT2D eigenvalue weighted by Gasteiger charge is -2.05. The van der Waals surface area contributed by atoms with E-state index >= 15 is 0 Å². The molecule has 1 heterocycles. The number of aryl methyl sites for hydroxylation is 1. The summed E-state index contributed by atoms with van der Waals surface area (Å²) < 4.78 is 6.53. The Morgan fingerprint density at radius 1 is 1.55 bits per heavy atom. The van der Waals surface area contributed by atoms with Crippen molar-refractivity contribution in [3.63, 3.8) is 0 Å². The lowest BCUT2D eigenvalue weighted by Crippen LogP contribution is -2.10. The first-order valence-electron chi connectivity index (χ1n) is 6.36. The van der Waals surface area contributed by atoms with Gasteiger partial charge in [-0.2, -0.15) is 10.4 Å². The predicted octanol–water partition coefficient (Wildman–Crippen LogP) is 2.97. The van der Waals surface area contributed by atoms with Crippen molar-refractivity contribution in [2.75, 3.05) is 0 Å². The van der Waals surface area contributed by atoms with E-state index in [1.165, 1.54) is 13.0 Å². The van der Waals surface area contributed by atoms with E-state index in [4.69, 9.17) is 21.6 Å². The maximum atomic E-state index is 11.5. The maximum absolute atomic E-state index is 11.5. The van der Waals surface area contributed by atoms with E-state index in [0.29, 0.717) is 23.2 Å². The van der Waals surface area contributed by atoms with Crippen LogP contribution in [0.2, 0.25) is 5.15 Å². The summed E-state index contributed by atoms with van der Waals surface area (Å²) >= 11 is 6.23. The molecule has 6 heteroatoms. The Balaban J connectivity index is 2.85. The Morgan fingerprint density at radius 3 is 2.75 bits per heavy atom. The van der Waals surface area contributed by atoms with Crippen molar-refractivity contribution in [3.05, 3.63) is 22.5 Å². The molecule has 0 amide bonds. The number of nitriles is 1. The second-order valence-electron chi connectivity index (χ2n) is 4.91. The van der Waals surface area contributed by atoms with E-state index in [9.17, 15) is 4.79 Å². The number of carbonyl (C=O) groups is 1. The summed E-state index contributed by atoms with van der Waals surface area (Å²) in [5.41, 5.74) is 1.43. The van der Waals surface area contributed by atoms with Gasteiger partial charge in [-0.25, -0.2) is 4.79 Å². The second-order valence-corrected chi connectivity index (χ2v) is 5.27. The minimum Gasteiger partial charge on any atom is -0.444 e. The summed E-state index contributed by atoms with van der Waals surface area (Å²) in [6.45, 7) is 8.19. The number of hydrogen-bond donors (Lipinski definition) is 0. The molecule has 0 N–H and O–H groups in total. The lowest BCUT2D eigenvalue weighted by molar-refractivity contribution is -0.139. The summed E-state index contributed by atoms with van der Waals surface area (Å²) in [5, 5.41) is 13.4. The minimum atomic E-state index is -0.771. The molecule has 0 aliphatic rings. The summed E-state index contributed by atoms with van der Waals surface area (Å²) in [7, 11) is 0. The third-order valence-electron chi connectivity index (χ3n) is 2.51. The van der Waals surface area contributed by atoms with Crippen LogP contribution in [-0.4, -0.2) is 21.9 Å². The molecule has 0 bridgehead atoms. The fourth-order valence-corrected chi connectivity index (χ4v) is 1.92. The standard InChI is InChI=1S/C14H18ClN3O2/c1-9(2)8-18-14(15)12(11(4)17-18)5-6-13(19)20-10(3)7-16/h5-6,9-10H,8H2,1-4H3/b6-5+/t10-/m1/s1. The molecular formula is C14H18ClN3O2. The molecule has 0 aliphatic carbocycles. The average molecular weight is 296 g/mol. The summed E-state index contributed by atoms with van der Waals surface area (Å²) in [6.07, 6.45) is 2.05. The predicted molar refractivity (Wildman–Crippen MR) is 77.0 cm³/mol. The molecule has 1 aromatic rings. The molecule has 20 heavy (non-hydrogen) atoms. The number of halogens is 1. The van der Waals surface area contributed by atoms with Crippen LogP contribution in [0.15, 0.2) is 6.08 Å². The van der Waals surface area contributed by atoms with Gasteiger partial charge in [0.1, 0.15) is 11.2 Å². The molecule has 0 aromatic carbocycles. The molecule has 0 saturated carbocycles. The smallest absolute Gasteiger partial charge is 0.332 e. The number of ether oxygens (including phenoxy) is 1. The molecule has 0 radical (unpaired) electrons. The molecule has 0 spiro atoms. The molecule has 108 valence electrons. The second kappa shape index (κ2) is 7.11. The zero-order valence-corrected chi connectivity index (χ0v) is 12.8. The maximum Gasteiger partial charge on any atom is 0.332 e. The molecule has 1 atom stereocenters. The van der Waals surface area contributed by atoms with Gasteiger partial charge >= 0.3 is 5.97 Å². The number of hydrogen-bond acceptors (Lipinski definition) is 4. The zero-order valence-electron chi connectivity index (χ0n) is 12.1. The van der Waals surface area contributed by atoms with Gasteiger partial charge in [0, 0.05) is 18.2 Å². The Bertz CT molecular complexity index is 556. The molecule has 5 nitrogen and oxygen atoms in total. The zero-order chi connectivity index (χ0) is 15.3. The van der Waals surface area contributed by atoms with E-state index in [1.54, 1.807) is 10.8 Å². The fourth-order valence-electron chi connectivity index (χ4n) is 1.61. The molecular weight excluding hydrogens is 278 g/mol. The van der Waals surface area contributed by atoms with E-state index < -0.39 is 12.1 Å². The SMILES string of the molecule is Cc1nn(CC(C)C)c(Cl)c1/C=C/C(=O)O[C@H](C)C#N. The highest BCUT2D eigenvalue weighted by atomic mass is 35.5. The molecule has 1 rings (SSSR count). The minimum absolute atomic E-state index is 0.421. The van der Waals surface area contributed by atoms with Crippen LogP contribution >= 0.6 is 11.6 Å². The highest BCUT2D eigenvalue weighted by Crippen LogP contribution is 2.22. The highest BCUT2D eigenvalue weighted by molar-refractivity contribution is 6.31. The van der Waals surface area contributed by atoms with Crippen LogP contribution in [0, 0.1) is 24.2 Å². The van der Waals surface area contributed by atoms with Crippen LogP contribution < -0.4 is 0 Å². The van der Waals surface area contributed by atoms with Gasteiger partial charge in [0.25, 0.3) is 0 Å². The van der Waals surface area contributed by atoms with Crippen LogP contribution in [-0.2, 0) is 16.1 Å². The number of carbonyl (C=O) groups excluding carboxylic acids is 1. The first-order valence-corrected chi connectivity index (χ1v) is 6.74. The molecule has 0 unspecified atom stereocenters. The van der Waals surface area contributed by atoms with Gasteiger partial charge in [-0.15, -0.1) is 0 Å². The molecule has 1 aromatic heterocycles. The molecule has 0 fully saturated rings. The van der Waals surface area contributed by atoms with Crippen LogP contribution in [0.1, 0.15) is 32.0 Å². The van der Waals surface area contributed by atoms with Crippen molar-refractivity contribution in [3.8, 4) is 6.07 Å². The normalized spacial score (nSPS) is 12.7. The van der Waals surface area contributed by atoms with Crippen LogP contribution in [0.4, 0.5) is 0 Å². The van der Waals surface area contributed by atoms with Crippen molar-refractivity contribution >= 4 is 23.6 Å². The largest absolute Gasteiger partial charge is 0.444 e. The van der Waals surface area contributed by atoms with Crippen molar-refractivity contribution in [2.24, 2.45) is 5.92 Å². The van der Waals surface area contributed by atoms with Crippen molar-refractivity contribution in [1.29, 1.82) is 5.26 Å². The van der Waals surface area contributed by atoms with Gasteiger partial charge in [-0.1, -0.05) is 25.4 Å². The Morgan fingerprint density at radius 2 is 2.20 bits per heavy atom. The van der Waals surface area contributed by atoms with Crippen LogP contribution in [0.3, 0.4) is 0 Å². The Labute approximate surface area is 123 Å². The van der Waals surface area contributed by atoms with Crippen LogP contribution in [0.25, 0.3) is 6.08 Å². The average Bonchev–Trinajstić information content (AvgIpc) is 2.61. The van der Waals surface area contributed by atoms with Gasteiger partial charge in [0.15, 0.2) is 6.10 Å². The number of rotatable bonds is 5. The number of aromatic nitrogens is 2. The highest BCUT2D eigenvalue weighted by Gasteiger charge is 2.12. The summed E-state index contributed by atoms with van der Waals surface area (Å²) in [5.74, 6) is -0.156. The van der Waals surface area contributed by atoms with Gasteiger partial charge in [-0.3, -0.25) is 4.68 Å². The van der Waals surface area contributed by atoms with Crippen molar-refractivity contribution in [1.82, 2.24) is 9.78 Å². The topological polar surface area (TPSA) is 67.9 Å². The first kappa shape index (κ1) is 16.3. The van der Waals surface area contributed by atoms with Gasteiger partial charge in [0.2, 0.25) is 0 Å². The third-order valence-corrected chi connectivity index (χ3v) is 2.91. The number of esters is 1. The van der Waals surface area contributed by atoms with Gasteiger partial charge in [0.05, 0.1) is 5.69 Å². The van der Waals surface area contributed by atoms with E-state index in [-0.39, 0.29) is 0 Å². The molecule has 0 aliphatic heterocycles. The van der Waals surface area contributed by atoms with Crippen LogP contribution in [0.5, 0.6) is 0 Å². The van der Waals surface area contributed by atoms with E-state index in [1.807, 2.05) is 13.0 Å². The Hall–Kier alpha value is -1.80. The first-order chi connectivity index (χ1) is 9.35. The van der Waals surface area contributed by atoms with Crippen molar-refractivity contribution in [2.45, 2.75) is 40.3 Å². The third kappa shape index (κ3) is 4.39. The summed E-state index contributed by atoms with van der Waals surface area (Å²) in [6, 6.07) is 1.82. The monoisotopic (exact) mass is 295 g/mol. The van der Waals surface area contributed by atoms with Gasteiger partial charge < -0.3 is 4.74 Å². The summed E-state index contributed by atoms with van der Waals surface area (Å²) in [4.78, 5) is 11.5.